The molecule has 0 aromatic rings. The molecule has 4 N–H and O–H groups in total. The van der Waals surface area contributed by atoms with Crippen LogP contribution in [-0.2, 0) is 14.9 Å². The van der Waals surface area contributed by atoms with Gasteiger partial charge in [-0.25, -0.2) is 8.42 Å². The number of hydrogen-bond donors (Lipinski definition) is 1. The number of ketones is 1. The van der Waals surface area contributed by atoms with E-state index in [0.29, 0.717) is 6.42 Å². The third-order valence-corrected chi connectivity index (χ3v) is 6.44. The highest BCUT2D eigenvalue weighted by molar-refractivity contribution is 9.10. The zero-order chi connectivity index (χ0) is 12.4. The Balaban J connectivity index is 0.00000144. The van der Waals surface area contributed by atoms with Crippen LogP contribution in [0.25, 0.3) is 0 Å². The Morgan fingerprint density at radius 1 is 1.47 bits per heavy atom. The first-order chi connectivity index (χ1) is 7.12. The average molecular weight is 328 g/mol. The maximum atomic E-state index is 12.1. The fourth-order valence-electron chi connectivity index (χ4n) is 3.47. The molecular weight excluding hydrogens is 310 g/mol. The van der Waals surface area contributed by atoms with Gasteiger partial charge in [-0.1, -0.05) is 29.8 Å². The summed E-state index contributed by atoms with van der Waals surface area (Å²) in [7, 11) is -4.37. The Morgan fingerprint density at radius 2 is 2.00 bits per heavy atom. The van der Waals surface area contributed by atoms with Gasteiger partial charge in [-0.15, -0.1) is 0 Å². The van der Waals surface area contributed by atoms with Crippen LogP contribution in [0.5, 0.6) is 0 Å². The van der Waals surface area contributed by atoms with Crippen LogP contribution in [-0.4, -0.2) is 29.3 Å². The van der Waals surface area contributed by atoms with Gasteiger partial charge in [-0.2, -0.15) is 0 Å². The topological polar surface area (TPSA) is 111 Å². The van der Waals surface area contributed by atoms with Crippen molar-refractivity contribution in [2.75, 3.05) is 5.75 Å². The molecule has 0 aromatic heterocycles. The van der Waals surface area contributed by atoms with Crippen LogP contribution < -0.4 is 6.15 Å². The molecule has 0 aliphatic heterocycles. The molecule has 0 aromatic carbocycles. The molecule has 0 saturated heterocycles. The van der Waals surface area contributed by atoms with Crippen molar-refractivity contribution in [2.24, 2.45) is 16.7 Å². The lowest BCUT2D eigenvalue weighted by molar-refractivity contribution is -0.127. The van der Waals surface area contributed by atoms with Crippen molar-refractivity contribution in [2.45, 2.75) is 31.5 Å². The molecule has 100 valence electrons. The molecule has 2 fully saturated rings. The van der Waals surface area contributed by atoms with Gasteiger partial charge in [0.15, 0.2) is 5.78 Å². The van der Waals surface area contributed by atoms with Crippen molar-refractivity contribution >= 4 is 31.8 Å². The van der Waals surface area contributed by atoms with E-state index in [9.17, 15) is 17.8 Å². The maximum absolute atomic E-state index is 12.1. The largest absolute Gasteiger partial charge is 0.748 e. The Bertz CT molecular complexity index is 447. The second-order valence-electron chi connectivity index (χ2n) is 5.42. The van der Waals surface area contributed by atoms with E-state index >= 15 is 0 Å². The monoisotopic (exact) mass is 327 g/mol. The van der Waals surface area contributed by atoms with E-state index in [1.165, 1.54) is 0 Å². The third kappa shape index (κ3) is 1.87. The van der Waals surface area contributed by atoms with E-state index in [2.05, 4.69) is 15.9 Å². The van der Waals surface area contributed by atoms with Crippen molar-refractivity contribution in [3.63, 3.8) is 0 Å². The molecule has 2 saturated carbocycles. The summed E-state index contributed by atoms with van der Waals surface area (Å²) in [5.74, 6) is -0.514. The Hall–Kier alpha value is 0.0200. The van der Waals surface area contributed by atoms with Crippen molar-refractivity contribution in [3.05, 3.63) is 0 Å². The summed E-state index contributed by atoms with van der Waals surface area (Å²) in [6.45, 7) is 3.80. The van der Waals surface area contributed by atoms with Gasteiger partial charge in [-0.05, 0) is 24.2 Å². The second-order valence-corrected chi connectivity index (χ2v) is 7.81. The molecule has 0 radical (unpaired) electrons. The fraction of sp³-hybridized carbons (Fsp3) is 0.900. The lowest BCUT2D eigenvalue weighted by Crippen LogP contribution is -2.43. The highest BCUT2D eigenvalue weighted by Gasteiger charge is 2.68. The number of fused-ring (bicyclic) bond motifs is 2. The van der Waals surface area contributed by atoms with Crippen molar-refractivity contribution in [1.82, 2.24) is 6.15 Å². The van der Waals surface area contributed by atoms with Gasteiger partial charge in [0.1, 0.15) is 0 Å². The minimum absolute atomic E-state index is 0. The molecule has 0 heterocycles. The first-order valence-corrected chi connectivity index (χ1v) is 7.73. The summed E-state index contributed by atoms with van der Waals surface area (Å²) >= 11 is 3.33. The van der Waals surface area contributed by atoms with Crippen LogP contribution >= 0.6 is 15.9 Å². The predicted molar refractivity (Wildman–Crippen MR) is 67.2 cm³/mol. The minimum Gasteiger partial charge on any atom is -0.748 e. The number of alkyl halides is 1. The first kappa shape index (κ1) is 15.1. The standard InChI is InChI=1S/C10H15BrO4S.H3N/c1-9(2)6-3-4-10(9,5-16(13,14)15)8(12)7(6)11;/h6-7H,3-5H2,1-2H3,(H,13,14,15);1H3/t6?,7?,10-;/m1./s1. The Labute approximate surface area is 110 Å². The molecule has 2 aliphatic carbocycles. The summed E-state index contributed by atoms with van der Waals surface area (Å²) in [6, 6.07) is 0. The van der Waals surface area contributed by atoms with Gasteiger partial charge in [-0.3, -0.25) is 4.79 Å². The molecule has 17 heavy (non-hydrogen) atoms. The van der Waals surface area contributed by atoms with Gasteiger partial charge in [0.05, 0.1) is 20.7 Å². The zero-order valence-corrected chi connectivity index (χ0v) is 12.6. The predicted octanol–water partition coefficient (Wildman–Crippen LogP) is 1.68. The summed E-state index contributed by atoms with van der Waals surface area (Å²) in [5, 5.41) is 0. The quantitative estimate of drug-likeness (QED) is 0.614. The van der Waals surface area contributed by atoms with E-state index < -0.39 is 26.7 Å². The SMILES string of the molecule is CC1(C)C2CC[C@@]1(CS(=O)(=O)[O-])C(=O)C2Br.[NH4+]. The normalized spacial score (nSPS) is 39.2. The van der Waals surface area contributed by atoms with Crippen molar-refractivity contribution in [3.8, 4) is 0 Å². The molecule has 2 bridgehead atoms. The molecular formula is C10H18BrNO4S. The number of rotatable bonds is 2. The van der Waals surface area contributed by atoms with Crippen LogP contribution in [0.4, 0.5) is 0 Å². The van der Waals surface area contributed by atoms with Gasteiger partial charge < -0.3 is 10.7 Å². The number of hydrogen-bond acceptors (Lipinski definition) is 4. The number of halogens is 1. The molecule has 3 atom stereocenters. The first-order valence-electron chi connectivity index (χ1n) is 5.24. The van der Waals surface area contributed by atoms with Gasteiger partial charge >= 0.3 is 0 Å². The zero-order valence-electron chi connectivity index (χ0n) is 10.2. The van der Waals surface area contributed by atoms with Crippen LogP contribution in [0.15, 0.2) is 0 Å². The van der Waals surface area contributed by atoms with Gasteiger partial charge in [0.2, 0.25) is 0 Å². The van der Waals surface area contributed by atoms with E-state index in [0.717, 1.165) is 6.42 Å². The molecule has 2 unspecified atom stereocenters. The number of Topliss-reactive ketones (excluding diaryl/α,β-unsaturated/α-hetero) is 1. The average Bonchev–Trinajstić information content (AvgIpc) is 2.39. The summed E-state index contributed by atoms with van der Waals surface area (Å²) < 4.78 is 33.0. The van der Waals surface area contributed by atoms with Crippen LogP contribution in [0.1, 0.15) is 26.7 Å². The lowest BCUT2D eigenvalue weighted by atomic mass is 9.70. The second kappa shape index (κ2) is 4.01. The Kier molecular flexibility index (Phi) is 3.56. The summed E-state index contributed by atoms with van der Waals surface area (Å²) in [5.41, 5.74) is -1.37. The van der Waals surface area contributed by atoms with Gasteiger partial charge in [0.25, 0.3) is 0 Å². The molecule has 0 spiro atoms. The minimum atomic E-state index is -4.37. The van der Waals surface area contributed by atoms with Crippen molar-refractivity contribution in [1.29, 1.82) is 0 Å². The molecule has 5 nitrogen and oxygen atoms in total. The van der Waals surface area contributed by atoms with Gasteiger partial charge in [0, 0.05) is 5.41 Å². The summed E-state index contributed by atoms with van der Waals surface area (Å²) in [4.78, 5) is 11.8. The third-order valence-electron chi connectivity index (χ3n) is 4.54. The lowest BCUT2D eigenvalue weighted by Gasteiger charge is -2.36. The highest BCUT2D eigenvalue weighted by Crippen LogP contribution is 2.65. The van der Waals surface area contributed by atoms with E-state index in [-0.39, 0.29) is 22.7 Å². The van der Waals surface area contributed by atoms with Crippen LogP contribution in [0.2, 0.25) is 0 Å². The van der Waals surface area contributed by atoms with E-state index in [1.54, 1.807) is 0 Å². The number of quaternary nitrogens is 1. The van der Waals surface area contributed by atoms with Crippen LogP contribution in [0.3, 0.4) is 0 Å². The highest BCUT2D eigenvalue weighted by atomic mass is 79.9. The summed E-state index contributed by atoms with van der Waals surface area (Å²) in [6.07, 6.45) is 1.33. The van der Waals surface area contributed by atoms with E-state index in [1.807, 2.05) is 13.8 Å². The fourth-order valence-corrected chi connectivity index (χ4v) is 6.10. The number of carbonyl (C=O) groups excluding carboxylic acids is 1. The maximum Gasteiger partial charge on any atom is 0.154 e. The Morgan fingerprint density at radius 3 is 2.35 bits per heavy atom. The van der Waals surface area contributed by atoms with E-state index in [4.69, 9.17) is 0 Å². The molecule has 7 heteroatoms. The number of carbonyl (C=O) groups is 1. The van der Waals surface area contributed by atoms with Crippen molar-refractivity contribution < 1.29 is 17.8 Å². The molecule has 2 rings (SSSR count). The molecule has 2 aliphatic rings. The molecule has 0 amide bonds. The van der Waals surface area contributed by atoms with Crippen LogP contribution in [0, 0.1) is 16.7 Å². The smallest absolute Gasteiger partial charge is 0.154 e.